The van der Waals surface area contributed by atoms with Crippen molar-refractivity contribution in [1.29, 1.82) is 0 Å². The molecule has 0 fully saturated rings. The maximum Gasteiger partial charge on any atom is 0.697 e. The Labute approximate surface area is 66.3 Å². The first-order valence-corrected chi connectivity index (χ1v) is 3.63. The van der Waals surface area contributed by atoms with E-state index in [9.17, 15) is 4.57 Å². The van der Waals surface area contributed by atoms with Gasteiger partial charge in [-0.25, -0.2) is 0 Å². The van der Waals surface area contributed by atoms with Crippen LogP contribution in [0.3, 0.4) is 0 Å². The first-order chi connectivity index (χ1) is 3.81. The summed E-state index contributed by atoms with van der Waals surface area (Å²) in [6.45, 7) is 4.42. The molecule has 0 spiro atoms. The summed E-state index contributed by atoms with van der Waals surface area (Å²) < 4.78 is 19.5. The molecule has 0 aromatic heterocycles. The quantitative estimate of drug-likeness (QED) is 0.642. The molecule has 9 heavy (non-hydrogen) atoms. The Morgan fingerprint density at radius 1 is 1.22 bits per heavy atom. The molecule has 1 radical (unpaired) electrons. The Hall–Kier alpha value is 0.526. The molecule has 0 amide bonds. The average Bonchev–Trinajstić information content (AvgIpc) is 1.68. The fourth-order valence-electron chi connectivity index (χ4n) is 0.248. The van der Waals surface area contributed by atoms with E-state index in [0.29, 0.717) is 13.2 Å². The zero-order valence-corrected chi connectivity index (χ0v) is 7.35. The molecule has 0 unspecified atom stereocenters. The minimum atomic E-state index is -1.83. The minimum absolute atomic E-state index is 0. The van der Waals surface area contributed by atoms with E-state index in [1.165, 1.54) is 0 Å². The first kappa shape index (κ1) is 12.2. The van der Waals surface area contributed by atoms with Gasteiger partial charge >= 0.3 is 8.25 Å². The molecule has 0 aromatic carbocycles. The summed E-state index contributed by atoms with van der Waals surface area (Å²) in [7, 11) is -1.83. The predicted molar refractivity (Wildman–Crippen MR) is 30.9 cm³/mol. The van der Waals surface area contributed by atoms with Gasteiger partial charge in [0.05, 0.1) is 0 Å². The molecule has 0 N–H and O–H groups in total. The van der Waals surface area contributed by atoms with E-state index in [1.807, 2.05) is 0 Å². The summed E-state index contributed by atoms with van der Waals surface area (Å²) in [5, 5.41) is 0. The van der Waals surface area contributed by atoms with Crippen LogP contribution in [0.4, 0.5) is 0 Å². The summed E-state index contributed by atoms with van der Waals surface area (Å²) in [5.74, 6) is 0. The molecule has 0 atom stereocenters. The Morgan fingerprint density at radius 3 is 1.78 bits per heavy atom. The summed E-state index contributed by atoms with van der Waals surface area (Å²) >= 11 is 0. The van der Waals surface area contributed by atoms with Crippen molar-refractivity contribution in [2.24, 2.45) is 0 Å². The third-order valence-corrected chi connectivity index (χ3v) is 1.41. The zero-order chi connectivity index (χ0) is 6.41. The van der Waals surface area contributed by atoms with Gasteiger partial charge in [-0.2, -0.15) is 0 Å². The van der Waals surface area contributed by atoms with Crippen LogP contribution in [0.1, 0.15) is 13.8 Å². The maximum atomic E-state index is 10.3. The van der Waals surface area contributed by atoms with Crippen LogP contribution in [0.25, 0.3) is 0 Å². The Bertz CT molecular complexity index is 70.2. The molecular weight excluding hydrogens is 186 g/mol. The van der Waals surface area contributed by atoms with Crippen molar-refractivity contribution in [3.63, 3.8) is 0 Å². The predicted octanol–water partition coefficient (Wildman–Crippen LogP) is 1.71. The second-order valence-corrected chi connectivity index (χ2v) is 2.02. The van der Waals surface area contributed by atoms with Crippen molar-refractivity contribution >= 4 is 8.25 Å². The van der Waals surface area contributed by atoms with E-state index in [4.69, 9.17) is 0 Å². The smallest absolute Gasteiger partial charge is 0.119 e. The zero-order valence-electron chi connectivity index (χ0n) is 5.42. The molecule has 0 rings (SSSR count). The van der Waals surface area contributed by atoms with Crippen LogP contribution < -0.4 is 0 Å². The molecule has 0 saturated heterocycles. The fraction of sp³-hybridized carbons (Fsp3) is 1.00. The summed E-state index contributed by atoms with van der Waals surface area (Å²) in [5.41, 5.74) is 0. The van der Waals surface area contributed by atoms with Crippen molar-refractivity contribution < 1.29 is 30.4 Å². The van der Waals surface area contributed by atoms with Gasteiger partial charge in [0.2, 0.25) is 0 Å². The largest absolute Gasteiger partial charge is 0.697 e. The van der Waals surface area contributed by atoms with Crippen LogP contribution in [0, 0.1) is 0 Å². The second-order valence-electron chi connectivity index (χ2n) is 1.06. The third-order valence-electron chi connectivity index (χ3n) is 0.469. The molecular formula is C4H10CoO3P+. The molecule has 5 heteroatoms. The standard InChI is InChI=1S/C4H10O3P.Co/c1-3-6-8(5)7-4-2;/h3-4H2,1-2H3;/q+1;. The van der Waals surface area contributed by atoms with Crippen molar-refractivity contribution in [2.75, 3.05) is 13.2 Å². The maximum absolute atomic E-state index is 10.3. The van der Waals surface area contributed by atoms with Gasteiger partial charge in [-0.3, -0.25) is 0 Å². The van der Waals surface area contributed by atoms with Crippen LogP contribution in [0.15, 0.2) is 0 Å². The average molecular weight is 196 g/mol. The van der Waals surface area contributed by atoms with Crippen LogP contribution >= 0.6 is 8.25 Å². The van der Waals surface area contributed by atoms with Gasteiger partial charge in [0, 0.05) is 21.3 Å². The monoisotopic (exact) mass is 196 g/mol. The molecule has 0 heterocycles. The van der Waals surface area contributed by atoms with Gasteiger partial charge in [-0.1, -0.05) is 0 Å². The van der Waals surface area contributed by atoms with Crippen LogP contribution in [-0.2, 0) is 30.4 Å². The normalized spacial score (nSPS) is 8.22. The van der Waals surface area contributed by atoms with Crippen LogP contribution in [-0.4, -0.2) is 13.2 Å². The molecule has 0 aliphatic carbocycles. The molecule has 0 aliphatic rings. The minimum Gasteiger partial charge on any atom is -0.119 e. The topological polar surface area (TPSA) is 35.5 Å². The van der Waals surface area contributed by atoms with Gasteiger partial charge in [-0.15, -0.1) is 9.05 Å². The summed E-state index contributed by atoms with van der Waals surface area (Å²) in [4.78, 5) is 0. The molecule has 0 aliphatic heterocycles. The van der Waals surface area contributed by atoms with Crippen LogP contribution in [0.5, 0.6) is 0 Å². The Morgan fingerprint density at radius 2 is 1.56 bits per heavy atom. The van der Waals surface area contributed by atoms with Crippen molar-refractivity contribution in [1.82, 2.24) is 0 Å². The Balaban J connectivity index is 0. The number of hydrogen-bond donors (Lipinski definition) is 0. The van der Waals surface area contributed by atoms with Gasteiger partial charge in [-0.05, 0) is 13.8 Å². The molecule has 3 nitrogen and oxygen atoms in total. The van der Waals surface area contributed by atoms with E-state index in [-0.39, 0.29) is 16.8 Å². The van der Waals surface area contributed by atoms with E-state index >= 15 is 0 Å². The van der Waals surface area contributed by atoms with Gasteiger partial charge in [0.1, 0.15) is 13.2 Å². The van der Waals surface area contributed by atoms with E-state index < -0.39 is 8.25 Å². The van der Waals surface area contributed by atoms with Crippen LogP contribution in [0.2, 0.25) is 0 Å². The summed E-state index contributed by atoms with van der Waals surface area (Å²) in [6, 6.07) is 0. The molecule has 0 saturated carbocycles. The number of rotatable bonds is 4. The van der Waals surface area contributed by atoms with E-state index in [2.05, 4.69) is 9.05 Å². The first-order valence-electron chi connectivity index (χ1n) is 2.54. The SMILES string of the molecule is CCO[P+](=O)OCC.[Co]. The van der Waals surface area contributed by atoms with Gasteiger partial charge in [0.15, 0.2) is 0 Å². The van der Waals surface area contributed by atoms with Crippen molar-refractivity contribution in [2.45, 2.75) is 13.8 Å². The Kier molecular flexibility index (Phi) is 11.6. The molecule has 0 bridgehead atoms. The van der Waals surface area contributed by atoms with Crippen molar-refractivity contribution in [3.8, 4) is 0 Å². The fourth-order valence-corrected chi connectivity index (χ4v) is 0.744. The van der Waals surface area contributed by atoms with Gasteiger partial charge < -0.3 is 0 Å². The second kappa shape index (κ2) is 8.53. The summed E-state index contributed by atoms with van der Waals surface area (Å²) in [6.07, 6.45) is 0. The van der Waals surface area contributed by atoms with Crippen molar-refractivity contribution in [3.05, 3.63) is 0 Å². The molecule has 57 valence electrons. The number of hydrogen-bond acceptors (Lipinski definition) is 3. The van der Waals surface area contributed by atoms with E-state index in [0.717, 1.165) is 0 Å². The third kappa shape index (κ3) is 8.53. The molecule has 0 aromatic rings. The van der Waals surface area contributed by atoms with Gasteiger partial charge in [0.25, 0.3) is 0 Å². The van der Waals surface area contributed by atoms with E-state index in [1.54, 1.807) is 13.8 Å².